The van der Waals surface area contributed by atoms with Crippen molar-refractivity contribution < 1.29 is 10.2 Å². The van der Waals surface area contributed by atoms with Crippen LogP contribution in [0.5, 0.6) is 0 Å². The molecule has 0 aliphatic carbocycles. The normalized spacial score (nSPS) is 13.2. The highest BCUT2D eigenvalue weighted by molar-refractivity contribution is 5.69. The molecule has 2 aromatic rings. The molecule has 0 saturated heterocycles. The van der Waals surface area contributed by atoms with Gasteiger partial charge in [-0.25, -0.2) is 9.78 Å². The van der Waals surface area contributed by atoms with Crippen LogP contribution in [0.4, 0.5) is 0 Å². The van der Waals surface area contributed by atoms with Crippen LogP contribution in [0.2, 0.25) is 0 Å². The molecule has 0 unspecified atom stereocenters. The smallest absolute Gasteiger partial charge is 0.332 e. The van der Waals surface area contributed by atoms with Gasteiger partial charge in [-0.2, -0.15) is 0 Å². The summed E-state index contributed by atoms with van der Waals surface area (Å²) in [4.78, 5) is 30.0. The molecule has 0 spiro atoms. The lowest BCUT2D eigenvalue weighted by Gasteiger charge is -2.19. The van der Waals surface area contributed by atoms with Crippen molar-refractivity contribution in [3.63, 3.8) is 0 Å². The summed E-state index contributed by atoms with van der Waals surface area (Å²) in [7, 11) is 4.74. The van der Waals surface area contributed by atoms with Gasteiger partial charge in [0, 0.05) is 27.2 Å². The van der Waals surface area contributed by atoms with Gasteiger partial charge in [0.15, 0.2) is 11.2 Å². The van der Waals surface area contributed by atoms with E-state index in [2.05, 4.69) is 4.98 Å². The molecular formula is C13H21N5O4. The first-order chi connectivity index (χ1) is 10.4. The van der Waals surface area contributed by atoms with Crippen molar-refractivity contribution in [2.24, 2.45) is 14.1 Å². The van der Waals surface area contributed by atoms with Crippen LogP contribution in [-0.4, -0.2) is 66.6 Å². The summed E-state index contributed by atoms with van der Waals surface area (Å²) in [6, 6.07) is 0. The Morgan fingerprint density at radius 1 is 1.32 bits per heavy atom. The summed E-state index contributed by atoms with van der Waals surface area (Å²) >= 11 is 0. The fourth-order valence-electron chi connectivity index (χ4n) is 2.44. The first kappa shape index (κ1) is 16.4. The summed E-state index contributed by atoms with van der Waals surface area (Å²) in [5.41, 5.74) is -0.296. The third-order valence-corrected chi connectivity index (χ3v) is 3.63. The second-order valence-electron chi connectivity index (χ2n) is 5.41. The van der Waals surface area contributed by atoms with Crippen molar-refractivity contribution in [2.75, 3.05) is 26.7 Å². The Labute approximate surface area is 126 Å². The molecule has 0 saturated carbocycles. The zero-order valence-electron chi connectivity index (χ0n) is 12.9. The Bertz CT molecular complexity index is 775. The third-order valence-electron chi connectivity index (χ3n) is 3.63. The van der Waals surface area contributed by atoms with E-state index in [-0.39, 0.29) is 18.7 Å². The number of hydrogen-bond acceptors (Lipinski definition) is 6. The standard InChI is InChI=1S/C13H21N5O4/c1-15(4-5-19)6-9(20)7-18-8-14-11-10(18)12(21)17(3)13(22)16(11)2/h8-9,19-20H,4-7H2,1-3H3/t9-/m1/s1. The first-order valence-electron chi connectivity index (χ1n) is 6.95. The minimum atomic E-state index is -0.726. The predicted molar refractivity (Wildman–Crippen MR) is 80.8 cm³/mol. The minimum absolute atomic E-state index is 0.0138. The van der Waals surface area contributed by atoms with Crippen LogP contribution in [0.3, 0.4) is 0 Å². The molecule has 122 valence electrons. The minimum Gasteiger partial charge on any atom is -0.395 e. The number of rotatable bonds is 6. The number of aryl methyl sites for hydroxylation is 1. The fourth-order valence-corrected chi connectivity index (χ4v) is 2.44. The van der Waals surface area contributed by atoms with Gasteiger partial charge in [-0.3, -0.25) is 13.9 Å². The summed E-state index contributed by atoms with van der Waals surface area (Å²) in [5.74, 6) is 0. The molecule has 1 atom stereocenters. The van der Waals surface area contributed by atoms with Gasteiger partial charge in [-0.1, -0.05) is 0 Å². The molecule has 0 aliphatic heterocycles. The molecule has 2 rings (SSSR count). The van der Waals surface area contributed by atoms with E-state index in [9.17, 15) is 14.7 Å². The highest BCUT2D eigenvalue weighted by Gasteiger charge is 2.16. The van der Waals surface area contributed by atoms with Crippen LogP contribution in [-0.2, 0) is 20.6 Å². The van der Waals surface area contributed by atoms with E-state index in [1.165, 1.54) is 17.9 Å². The average molecular weight is 311 g/mol. The van der Waals surface area contributed by atoms with Gasteiger partial charge >= 0.3 is 5.69 Å². The maximum Gasteiger partial charge on any atom is 0.332 e. The monoisotopic (exact) mass is 311 g/mol. The number of fused-ring (bicyclic) bond motifs is 1. The van der Waals surface area contributed by atoms with Gasteiger partial charge in [0.05, 0.1) is 25.6 Å². The Hall–Kier alpha value is -1.97. The summed E-state index contributed by atoms with van der Waals surface area (Å²) in [5, 5.41) is 19.0. The predicted octanol–water partition coefficient (Wildman–Crippen LogP) is -2.28. The average Bonchev–Trinajstić information content (AvgIpc) is 2.86. The van der Waals surface area contributed by atoms with Crippen LogP contribution in [0, 0.1) is 0 Å². The quantitative estimate of drug-likeness (QED) is 0.622. The number of hydrogen-bond donors (Lipinski definition) is 2. The summed E-state index contributed by atoms with van der Waals surface area (Å²) in [6.07, 6.45) is 0.719. The van der Waals surface area contributed by atoms with Crippen LogP contribution in [0.1, 0.15) is 0 Å². The van der Waals surface area contributed by atoms with Gasteiger partial charge < -0.3 is 19.7 Å². The number of aliphatic hydroxyl groups excluding tert-OH is 2. The Balaban J connectivity index is 2.34. The van der Waals surface area contributed by atoms with Crippen LogP contribution in [0.15, 0.2) is 15.9 Å². The van der Waals surface area contributed by atoms with Crippen molar-refractivity contribution in [1.82, 2.24) is 23.6 Å². The topological polar surface area (TPSA) is 106 Å². The first-order valence-corrected chi connectivity index (χ1v) is 6.95. The van der Waals surface area contributed by atoms with Gasteiger partial charge in [0.1, 0.15) is 0 Å². The number of nitrogens with zero attached hydrogens (tertiary/aromatic N) is 5. The lowest BCUT2D eigenvalue weighted by Crippen LogP contribution is -2.38. The van der Waals surface area contributed by atoms with Gasteiger partial charge in [0.25, 0.3) is 5.56 Å². The van der Waals surface area contributed by atoms with Gasteiger partial charge in [0.2, 0.25) is 0 Å². The lowest BCUT2D eigenvalue weighted by atomic mass is 10.3. The van der Waals surface area contributed by atoms with Crippen LogP contribution >= 0.6 is 0 Å². The second-order valence-corrected chi connectivity index (χ2v) is 5.41. The van der Waals surface area contributed by atoms with E-state index in [1.807, 2.05) is 0 Å². The molecular weight excluding hydrogens is 290 g/mol. The SMILES string of the molecule is CN(CCO)C[C@@H](O)Cn1cnc2c1c(=O)n(C)c(=O)n2C. The van der Waals surface area contributed by atoms with Gasteiger partial charge in [-0.05, 0) is 7.05 Å². The highest BCUT2D eigenvalue weighted by atomic mass is 16.3. The molecule has 2 N–H and O–H groups in total. The molecule has 0 aromatic carbocycles. The van der Waals surface area contributed by atoms with E-state index in [4.69, 9.17) is 5.11 Å². The maximum absolute atomic E-state index is 12.3. The van der Waals surface area contributed by atoms with E-state index >= 15 is 0 Å². The zero-order valence-corrected chi connectivity index (χ0v) is 12.9. The number of likely N-dealkylation sites (N-methyl/N-ethyl adjacent to an activating group) is 1. The maximum atomic E-state index is 12.3. The van der Waals surface area contributed by atoms with Crippen molar-refractivity contribution in [3.8, 4) is 0 Å². The van der Waals surface area contributed by atoms with E-state index < -0.39 is 17.4 Å². The Kier molecular flexibility index (Phi) is 4.79. The molecule has 0 radical (unpaired) electrons. The van der Waals surface area contributed by atoms with E-state index in [0.29, 0.717) is 18.7 Å². The van der Waals surface area contributed by atoms with Crippen molar-refractivity contribution in [1.29, 1.82) is 0 Å². The molecule has 22 heavy (non-hydrogen) atoms. The molecule has 9 heteroatoms. The molecule has 9 nitrogen and oxygen atoms in total. The molecule has 2 heterocycles. The van der Waals surface area contributed by atoms with Crippen LogP contribution < -0.4 is 11.2 Å². The number of aliphatic hydroxyl groups is 2. The van der Waals surface area contributed by atoms with Crippen molar-refractivity contribution in [3.05, 3.63) is 27.2 Å². The third kappa shape index (κ3) is 2.96. The molecule has 2 aromatic heterocycles. The molecule has 0 amide bonds. The highest BCUT2D eigenvalue weighted by Crippen LogP contribution is 2.06. The summed E-state index contributed by atoms with van der Waals surface area (Å²) < 4.78 is 3.87. The van der Waals surface area contributed by atoms with E-state index in [1.54, 1.807) is 23.6 Å². The number of aromatic nitrogens is 4. The second kappa shape index (κ2) is 6.42. The summed E-state index contributed by atoms with van der Waals surface area (Å²) in [6.45, 7) is 1.00. The molecule has 0 fully saturated rings. The van der Waals surface area contributed by atoms with Crippen molar-refractivity contribution in [2.45, 2.75) is 12.6 Å². The lowest BCUT2D eigenvalue weighted by molar-refractivity contribution is 0.101. The Morgan fingerprint density at radius 3 is 2.64 bits per heavy atom. The van der Waals surface area contributed by atoms with Crippen molar-refractivity contribution >= 4 is 11.2 Å². The molecule has 0 bridgehead atoms. The van der Waals surface area contributed by atoms with E-state index in [0.717, 1.165) is 4.57 Å². The Morgan fingerprint density at radius 2 is 2.00 bits per heavy atom. The van der Waals surface area contributed by atoms with Gasteiger partial charge in [-0.15, -0.1) is 0 Å². The molecule has 0 aliphatic rings. The van der Waals surface area contributed by atoms with Crippen LogP contribution in [0.25, 0.3) is 11.2 Å². The number of imidazole rings is 1. The fraction of sp³-hybridized carbons (Fsp3) is 0.615. The zero-order chi connectivity index (χ0) is 16.4. The largest absolute Gasteiger partial charge is 0.395 e.